The molecule has 1 unspecified atom stereocenters. The Labute approximate surface area is 127 Å². The Kier molecular flexibility index (Phi) is 5.59. The first-order chi connectivity index (χ1) is 9.69. The molecule has 0 amide bonds. The van der Waals surface area contributed by atoms with Crippen molar-refractivity contribution >= 4 is 15.9 Å². The molecule has 0 aromatic heterocycles. The normalized spacial score (nSPS) is 12.2. The fourth-order valence-corrected chi connectivity index (χ4v) is 2.13. The van der Waals surface area contributed by atoms with Gasteiger partial charge in [0.15, 0.2) is 0 Å². The number of aliphatic hydroxyl groups is 1. The van der Waals surface area contributed by atoms with Gasteiger partial charge >= 0.3 is 0 Å². The van der Waals surface area contributed by atoms with E-state index < -0.39 is 0 Å². The third-order valence-electron chi connectivity index (χ3n) is 3.07. The van der Waals surface area contributed by atoms with E-state index >= 15 is 0 Å². The number of benzene rings is 2. The van der Waals surface area contributed by atoms with Crippen molar-refractivity contribution in [2.24, 2.45) is 5.73 Å². The molecule has 0 saturated carbocycles. The molecule has 0 heterocycles. The van der Waals surface area contributed by atoms with Gasteiger partial charge < -0.3 is 15.6 Å². The molecule has 2 aromatic rings. The third-order valence-corrected chi connectivity index (χ3v) is 3.60. The van der Waals surface area contributed by atoms with Gasteiger partial charge in [-0.05, 0) is 41.8 Å². The Morgan fingerprint density at radius 3 is 2.30 bits per heavy atom. The molecule has 0 aliphatic rings. The summed E-state index contributed by atoms with van der Waals surface area (Å²) in [7, 11) is 0. The lowest BCUT2D eigenvalue weighted by Gasteiger charge is -2.11. The van der Waals surface area contributed by atoms with Crippen molar-refractivity contribution in [1.82, 2.24) is 0 Å². The van der Waals surface area contributed by atoms with Gasteiger partial charge in [-0.2, -0.15) is 0 Å². The molecule has 106 valence electrons. The molecule has 0 bridgehead atoms. The Morgan fingerprint density at radius 2 is 1.70 bits per heavy atom. The standard InChI is InChI=1S/C16H18BrNO2/c17-14-5-1-12(2-6-14)11-20-15-7-3-13(4-8-15)16(18)9-10-19/h1-8,16,19H,9-11,18H2. The van der Waals surface area contributed by atoms with E-state index in [-0.39, 0.29) is 12.6 Å². The zero-order chi connectivity index (χ0) is 14.4. The van der Waals surface area contributed by atoms with Gasteiger partial charge in [0.1, 0.15) is 12.4 Å². The number of aliphatic hydroxyl groups excluding tert-OH is 1. The highest BCUT2D eigenvalue weighted by Gasteiger charge is 2.05. The topological polar surface area (TPSA) is 55.5 Å². The Bertz CT molecular complexity index is 525. The van der Waals surface area contributed by atoms with E-state index in [2.05, 4.69) is 15.9 Å². The average Bonchev–Trinajstić information content (AvgIpc) is 2.47. The van der Waals surface area contributed by atoms with E-state index in [0.717, 1.165) is 21.3 Å². The summed E-state index contributed by atoms with van der Waals surface area (Å²) in [5, 5.41) is 8.87. The maximum absolute atomic E-state index is 8.87. The first kappa shape index (κ1) is 15.0. The van der Waals surface area contributed by atoms with Gasteiger partial charge in [-0.3, -0.25) is 0 Å². The van der Waals surface area contributed by atoms with Crippen LogP contribution in [0, 0.1) is 0 Å². The van der Waals surface area contributed by atoms with Crippen molar-refractivity contribution in [1.29, 1.82) is 0 Å². The molecule has 2 aromatic carbocycles. The fraction of sp³-hybridized carbons (Fsp3) is 0.250. The summed E-state index contributed by atoms with van der Waals surface area (Å²) in [6.07, 6.45) is 0.569. The van der Waals surface area contributed by atoms with E-state index in [1.165, 1.54) is 0 Å². The monoisotopic (exact) mass is 335 g/mol. The molecule has 0 fully saturated rings. The summed E-state index contributed by atoms with van der Waals surface area (Å²) in [6.45, 7) is 0.637. The number of rotatable bonds is 6. The molecule has 1 atom stereocenters. The second-order valence-corrected chi connectivity index (χ2v) is 5.52. The van der Waals surface area contributed by atoms with Crippen LogP contribution in [0.4, 0.5) is 0 Å². The van der Waals surface area contributed by atoms with E-state index in [1.807, 2.05) is 48.5 Å². The summed E-state index contributed by atoms with van der Waals surface area (Å²) < 4.78 is 6.78. The highest BCUT2D eigenvalue weighted by molar-refractivity contribution is 9.10. The molecule has 0 saturated heterocycles. The van der Waals surface area contributed by atoms with Crippen molar-refractivity contribution in [3.63, 3.8) is 0 Å². The van der Waals surface area contributed by atoms with Crippen LogP contribution in [-0.2, 0) is 6.61 Å². The Morgan fingerprint density at radius 1 is 1.05 bits per heavy atom. The molecule has 2 rings (SSSR count). The van der Waals surface area contributed by atoms with Crippen LogP contribution >= 0.6 is 15.9 Å². The third kappa shape index (κ3) is 4.34. The highest BCUT2D eigenvalue weighted by Crippen LogP contribution is 2.19. The minimum absolute atomic E-state index is 0.100. The summed E-state index contributed by atoms with van der Waals surface area (Å²) >= 11 is 3.41. The molecule has 3 N–H and O–H groups in total. The second-order valence-electron chi connectivity index (χ2n) is 4.60. The van der Waals surface area contributed by atoms with Gasteiger partial charge in [-0.25, -0.2) is 0 Å². The molecule has 0 radical (unpaired) electrons. The lowest BCUT2D eigenvalue weighted by molar-refractivity contribution is 0.276. The average molecular weight is 336 g/mol. The Hall–Kier alpha value is -1.36. The number of halogens is 1. The lowest BCUT2D eigenvalue weighted by Crippen LogP contribution is -2.11. The van der Waals surface area contributed by atoms with Gasteiger partial charge in [0.25, 0.3) is 0 Å². The van der Waals surface area contributed by atoms with Crippen LogP contribution in [0.5, 0.6) is 5.75 Å². The largest absolute Gasteiger partial charge is 0.489 e. The zero-order valence-electron chi connectivity index (χ0n) is 11.1. The lowest BCUT2D eigenvalue weighted by atomic mass is 10.1. The van der Waals surface area contributed by atoms with Crippen molar-refractivity contribution in [3.05, 3.63) is 64.1 Å². The summed E-state index contributed by atoms with van der Waals surface area (Å²) in [4.78, 5) is 0. The van der Waals surface area contributed by atoms with Crippen LogP contribution in [0.3, 0.4) is 0 Å². The van der Waals surface area contributed by atoms with Crippen LogP contribution in [0.2, 0.25) is 0 Å². The van der Waals surface area contributed by atoms with Crippen LogP contribution in [0.15, 0.2) is 53.0 Å². The van der Waals surface area contributed by atoms with Crippen molar-refractivity contribution in [2.45, 2.75) is 19.1 Å². The highest BCUT2D eigenvalue weighted by atomic mass is 79.9. The second kappa shape index (κ2) is 7.43. The SMILES string of the molecule is NC(CCO)c1ccc(OCc2ccc(Br)cc2)cc1. The molecule has 0 aliphatic heterocycles. The molecule has 3 nitrogen and oxygen atoms in total. The predicted molar refractivity (Wildman–Crippen MR) is 83.5 cm³/mol. The van der Waals surface area contributed by atoms with Gasteiger partial charge in [0, 0.05) is 17.1 Å². The Balaban J connectivity index is 1.92. The molecular formula is C16H18BrNO2. The smallest absolute Gasteiger partial charge is 0.119 e. The summed E-state index contributed by atoms with van der Waals surface area (Å²) in [5.41, 5.74) is 8.06. The zero-order valence-corrected chi connectivity index (χ0v) is 12.7. The number of ether oxygens (including phenoxy) is 1. The van der Waals surface area contributed by atoms with Gasteiger partial charge in [0.05, 0.1) is 0 Å². The van der Waals surface area contributed by atoms with Crippen LogP contribution in [-0.4, -0.2) is 11.7 Å². The van der Waals surface area contributed by atoms with Crippen molar-refractivity contribution in [3.8, 4) is 5.75 Å². The van der Waals surface area contributed by atoms with E-state index in [9.17, 15) is 0 Å². The number of nitrogens with two attached hydrogens (primary N) is 1. The minimum atomic E-state index is -0.125. The van der Waals surface area contributed by atoms with Gasteiger partial charge in [-0.1, -0.05) is 40.2 Å². The molecule has 0 aliphatic carbocycles. The molecule has 4 heteroatoms. The summed E-state index contributed by atoms with van der Waals surface area (Å²) in [6, 6.07) is 15.6. The fourth-order valence-electron chi connectivity index (χ4n) is 1.86. The van der Waals surface area contributed by atoms with E-state index in [0.29, 0.717) is 13.0 Å². The van der Waals surface area contributed by atoms with Gasteiger partial charge in [-0.15, -0.1) is 0 Å². The first-order valence-corrected chi connectivity index (χ1v) is 7.32. The number of hydrogen-bond donors (Lipinski definition) is 2. The van der Waals surface area contributed by atoms with Crippen LogP contribution < -0.4 is 10.5 Å². The number of hydrogen-bond acceptors (Lipinski definition) is 3. The molecule has 0 spiro atoms. The van der Waals surface area contributed by atoms with Crippen LogP contribution in [0.1, 0.15) is 23.6 Å². The van der Waals surface area contributed by atoms with Gasteiger partial charge in [0.2, 0.25) is 0 Å². The first-order valence-electron chi connectivity index (χ1n) is 6.52. The van der Waals surface area contributed by atoms with E-state index in [1.54, 1.807) is 0 Å². The van der Waals surface area contributed by atoms with Crippen molar-refractivity contribution < 1.29 is 9.84 Å². The van der Waals surface area contributed by atoms with Crippen molar-refractivity contribution in [2.75, 3.05) is 6.61 Å². The quantitative estimate of drug-likeness (QED) is 0.850. The van der Waals surface area contributed by atoms with E-state index in [4.69, 9.17) is 15.6 Å². The predicted octanol–water partition coefficient (Wildman–Crippen LogP) is 3.41. The minimum Gasteiger partial charge on any atom is -0.489 e. The molecule has 20 heavy (non-hydrogen) atoms. The maximum atomic E-state index is 8.87. The summed E-state index contributed by atoms with van der Waals surface area (Å²) in [5.74, 6) is 0.813. The molecular weight excluding hydrogens is 318 g/mol. The maximum Gasteiger partial charge on any atom is 0.119 e. The van der Waals surface area contributed by atoms with Crippen LogP contribution in [0.25, 0.3) is 0 Å².